The summed E-state index contributed by atoms with van der Waals surface area (Å²) < 4.78 is 0. The highest BCUT2D eigenvalue weighted by Crippen LogP contribution is 2.37. The van der Waals surface area contributed by atoms with Crippen molar-refractivity contribution in [3.63, 3.8) is 0 Å². The number of rotatable bonds is 8. The SMILES string of the molecule is CN(C)c1ccc(ON=C(c2cc3c4c(c2)CCCN4CCC3)C(Nc2ccccc2)c2ccccc2)cc1. The van der Waals surface area contributed by atoms with Crippen LogP contribution in [0, 0.1) is 0 Å². The summed E-state index contributed by atoms with van der Waals surface area (Å²) in [7, 11) is 4.07. The Balaban J connectivity index is 1.46. The molecule has 0 bridgehead atoms. The summed E-state index contributed by atoms with van der Waals surface area (Å²) in [6.45, 7) is 2.32. The molecule has 6 rings (SSSR count). The maximum atomic E-state index is 6.17. The first-order valence-electron chi connectivity index (χ1n) is 14.0. The summed E-state index contributed by atoms with van der Waals surface area (Å²) >= 11 is 0. The second-order valence-electron chi connectivity index (χ2n) is 10.6. The van der Waals surface area contributed by atoms with Crippen LogP contribution in [0.2, 0.25) is 0 Å². The van der Waals surface area contributed by atoms with E-state index in [1.165, 1.54) is 29.7 Å². The van der Waals surface area contributed by atoms with Gasteiger partial charge in [-0.2, -0.15) is 0 Å². The van der Waals surface area contributed by atoms with Gasteiger partial charge in [0.05, 0.1) is 6.04 Å². The molecule has 1 N–H and O–H groups in total. The molecule has 1 atom stereocenters. The van der Waals surface area contributed by atoms with Gasteiger partial charge in [-0.1, -0.05) is 53.7 Å². The predicted molar refractivity (Wildman–Crippen MR) is 162 cm³/mol. The van der Waals surface area contributed by atoms with Crippen molar-refractivity contribution in [3.8, 4) is 5.75 Å². The van der Waals surface area contributed by atoms with Crippen LogP contribution in [0.3, 0.4) is 0 Å². The highest BCUT2D eigenvalue weighted by Gasteiger charge is 2.28. The average Bonchev–Trinajstić information content (AvgIpc) is 2.98. The molecule has 0 saturated carbocycles. The van der Waals surface area contributed by atoms with Crippen molar-refractivity contribution in [3.05, 3.63) is 119 Å². The topological polar surface area (TPSA) is 40.1 Å². The van der Waals surface area contributed by atoms with Crippen LogP contribution in [-0.2, 0) is 12.8 Å². The largest absolute Gasteiger partial charge is 0.378 e. The van der Waals surface area contributed by atoms with Gasteiger partial charge < -0.3 is 20.0 Å². The standard InChI is InChI=1S/C34H36N4O/c1-37(2)30-17-19-31(20-18-30)39-36-33(28-23-26-13-9-21-38-22-10-14-27(24-28)34(26)38)32(25-11-5-3-6-12-25)35-29-15-7-4-8-16-29/h3-8,11-12,15-20,23-24,32,35H,9-10,13-14,21-22H2,1-2H3. The Kier molecular flexibility index (Phi) is 7.22. The Morgan fingerprint density at radius 2 is 1.44 bits per heavy atom. The molecule has 2 aliphatic heterocycles. The van der Waals surface area contributed by atoms with Gasteiger partial charge in [0, 0.05) is 49.8 Å². The van der Waals surface area contributed by atoms with Crippen LogP contribution in [0.15, 0.2) is 102 Å². The molecule has 0 saturated heterocycles. The smallest absolute Gasteiger partial charge is 0.158 e. The number of nitrogens with one attached hydrogen (secondary N) is 1. The van der Waals surface area contributed by atoms with Gasteiger partial charge in [0.1, 0.15) is 5.71 Å². The molecule has 2 aliphatic rings. The summed E-state index contributed by atoms with van der Waals surface area (Å²) in [6.07, 6.45) is 4.60. The molecule has 198 valence electrons. The zero-order valence-electron chi connectivity index (χ0n) is 22.8. The number of aryl methyl sites for hydroxylation is 2. The monoisotopic (exact) mass is 516 g/mol. The number of oxime groups is 1. The first kappa shape index (κ1) is 25.1. The summed E-state index contributed by atoms with van der Waals surface area (Å²) in [5.41, 5.74) is 9.63. The number of hydrogen-bond donors (Lipinski definition) is 1. The number of nitrogens with zero attached hydrogens (tertiary/aromatic N) is 3. The minimum absolute atomic E-state index is 0.191. The van der Waals surface area contributed by atoms with E-state index < -0.39 is 0 Å². The van der Waals surface area contributed by atoms with Crippen molar-refractivity contribution in [1.82, 2.24) is 0 Å². The third-order valence-electron chi connectivity index (χ3n) is 7.72. The third kappa shape index (κ3) is 5.49. The van der Waals surface area contributed by atoms with Crippen LogP contribution in [0.25, 0.3) is 0 Å². The van der Waals surface area contributed by atoms with Crippen molar-refractivity contribution in [2.75, 3.05) is 42.3 Å². The fraction of sp³-hybridized carbons (Fsp3) is 0.265. The van der Waals surface area contributed by atoms with Gasteiger partial charge in [-0.3, -0.25) is 0 Å². The lowest BCUT2D eigenvalue weighted by atomic mass is 9.87. The highest BCUT2D eigenvalue weighted by atomic mass is 16.6. The number of benzene rings is 4. The highest BCUT2D eigenvalue weighted by molar-refractivity contribution is 6.07. The predicted octanol–water partition coefficient (Wildman–Crippen LogP) is 7.09. The molecule has 0 fully saturated rings. The summed E-state index contributed by atoms with van der Waals surface area (Å²) in [6, 6.07) is 33.5. The van der Waals surface area contributed by atoms with Crippen LogP contribution in [0.4, 0.5) is 17.1 Å². The lowest BCUT2D eigenvalue weighted by Gasteiger charge is -2.37. The Labute approximate surface area is 231 Å². The second-order valence-corrected chi connectivity index (χ2v) is 10.6. The fourth-order valence-electron chi connectivity index (χ4n) is 5.79. The van der Waals surface area contributed by atoms with E-state index in [0.29, 0.717) is 0 Å². The molecule has 4 aromatic carbocycles. The molecule has 39 heavy (non-hydrogen) atoms. The summed E-state index contributed by atoms with van der Waals surface area (Å²) in [4.78, 5) is 10.8. The molecular formula is C34H36N4O. The van der Waals surface area contributed by atoms with Crippen LogP contribution in [0.1, 0.15) is 41.1 Å². The Bertz CT molecular complexity index is 1400. The van der Waals surface area contributed by atoms with Crippen LogP contribution in [0.5, 0.6) is 5.75 Å². The average molecular weight is 517 g/mol. The zero-order valence-corrected chi connectivity index (χ0v) is 22.8. The Morgan fingerprint density at radius 1 is 0.821 bits per heavy atom. The van der Waals surface area contributed by atoms with Gasteiger partial charge in [0.2, 0.25) is 0 Å². The van der Waals surface area contributed by atoms with E-state index in [-0.39, 0.29) is 6.04 Å². The minimum atomic E-state index is -0.191. The van der Waals surface area contributed by atoms with Gasteiger partial charge >= 0.3 is 0 Å². The second kappa shape index (κ2) is 11.2. The van der Waals surface area contributed by atoms with Crippen molar-refractivity contribution >= 4 is 22.8 Å². The molecule has 4 aromatic rings. The number of hydrogen-bond acceptors (Lipinski definition) is 5. The molecule has 5 heteroatoms. The van der Waals surface area contributed by atoms with Crippen LogP contribution < -0.4 is 20.0 Å². The first-order chi connectivity index (χ1) is 19.2. The Hall–Kier alpha value is -4.25. The van der Waals surface area contributed by atoms with E-state index in [9.17, 15) is 0 Å². The van der Waals surface area contributed by atoms with Crippen molar-refractivity contribution in [1.29, 1.82) is 0 Å². The van der Waals surface area contributed by atoms with Gasteiger partial charge in [0.25, 0.3) is 0 Å². The van der Waals surface area contributed by atoms with E-state index in [4.69, 9.17) is 9.99 Å². The molecule has 0 spiro atoms. The minimum Gasteiger partial charge on any atom is -0.378 e. The third-order valence-corrected chi connectivity index (χ3v) is 7.72. The molecule has 0 radical (unpaired) electrons. The summed E-state index contributed by atoms with van der Waals surface area (Å²) in [5, 5.41) is 8.67. The number of para-hydroxylation sites is 1. The van der Waals surface area contributed by atoms with E-state index in [1.54, 1.807) is 0 Å². The molecular weight excluding hydrogens is 480 g/mol. The van der Waals surface area contributed by atoms with Crippen molar-refractivity contribution in [2.45, 2.75) is 31.7 Å². The Morgan fingerprint density at radius 3 is 2.05 bits per heavy atom. The van der Waals surface area contributed by atoms with Crippen LogP contribution in [-0.4, -0.2) is 32.9 Å². The van der Waals surface area contributed by atoms with E-state index >= 15 is 0 Å². The molecule has 5 nitrogen and oxygen atoms in total. The summed E-state index contributed by atoms with van der Waals surface area (Å²) in [5.74, 6) is 0.718. The normalized spacial score (nSPS) is 15.3. The zero-order chi connectivity index (χ0) is 26.6. The fourth-order valence-corrected chi connectivity index (χ4v) is 5.79. The van der Waals surface area contributed by atoms with E-state index in [1.807, 2.05) is 32.3 Å². The van der Waals surface area contributed by atoms with E-state index in [2.05, 4.69) is 94.0 Å². The van der Waals surface area contributed by atoms with Gasteiger partial charge in [0.15, 0.2) is 5.75 Å². The molecule has 1 unspecified atom stereocenters. The van der Waals surface area contributed by atoms with E-state index in [0.717, 1.165) is 59.9 Å². The lowest BCUT2D eigenvalue weighted by Crippen LogP contribution is -2.35. The molecule has 0 amide bonds. The van der Waals surface area contributed by atoms with Gasteiger partial charge in [-0.25, -0.2) is 0 Å². The number of anilines is 3. The molecule has 2 heterocycles. The molecule has 0 aliphatic carbocycles. The van der Waals surface area contributed by atoms with Gasteiger partial charge in [-0.15, -0.1) is 0 Å². The molecule has 0 aromatic heterocycles. The quantitative estimate of drug-likeness (QED) is 0.201. The van der Waals surface area contributed by atoms with Gasteiger partial charge in [-0.05, 0) is 90.9 Å². The van der Waals surface area contributed by atoms with Crippen molar-refractivity contribution < 1.29 is 4.84 Å². The van der Waals surface area contributed by atoms with Crippen molar-refractivity contribution in [2.24, 2.45) is 5.16 Å². The maximum absolute atomic E-state index is 6.17. The first-order valence-corrected chi connectivity index (χ1v) is 14.0. The lowest BCUT2D eigenvalue weighted by molar-refractivity contribution is 0.340. The maximum Gasteiger partial charge on any atom is 0.158 e. The van der Waals surface area contributed by atoms with Crippen LogP contribution >= 0.6 is 0 Å².